The Balaban J connectivity index is 2.01. The van der Waals surface area contributed by atoms with Crippen LogP contribution < -0.4 is 0 Å². The molecule has 0 spiro atoms. The van der Waals surface area contributed by atoms with Gasteiger partial charge in [0.1, 0.15) is 5.69 Å². The summed E-state index contributed by atoms with van der Waals surface area (Å²) >= 11 is 3.42. The van der Waals surface area contributed by atoms with E-state index in [4.69, 9.17) is 0 Å². The maximum absolute atomic E-state index is 12.4. The highest BCUT2D eigenvalue weighted by Gasteiger charge is 2.16. The first-order chi connectivity index (χ1) is 9.61. The molecule has 4 nitrogen and oxygen atoms in total. The van der Waals surface area contributed by atoms with E-state index in [1.54, 1.807) is 17.3 Å². The summed E-state index contributed by atoms with van der Waals surface area (Å²) in [7, 11) is 1.84. The zero-order chi connectivity index (χ0) is 14.5. The fourth-order valence-corrected chi connectivity index (χ4v) is 2.52. The maximum atomic E-state index is 12.4. The van der Waals surface area contributed by atoms with Gasteiger partial charge >= 0.3 is 0 Å². The lowest BCUT2D eigenvalue weighted by Gasteiger charge is -2.18. The number of halogens is 1. The molecule has 0 radical (unpaired) electrons. The Hall–Kier alpha value is -1.62. The molecular weight excluding hydrogens is 318 g/mol. The third-order valence-corrected chi connectivity index (χ3v) is 3.69. The van der Waals surface area contributed by atoms with Crippen molar-refractivity contribution in [3.8, 4) is 0 Å². The molecule has 0 aliphatic rings. The molecule has 0 saturated heterocycles. The molecule has 2 heterocycles. The van der Waals surface area contributed by atoms with Gasteiger partial charge in [-0.25, -0.2) is 0 Å². The summed E-state index contributed by atoms with van der Waals surface area (Å²) in [5, 5.41) is 0. The molecule has 106 valence electrons. The number of hydrogen-bond acceptors (Lipinski definition) is 2. The minimum absolute atomic E-state index is 0.0478. The van der Waals surface area contributed by atoms with Crippen LogP contribution in [0.2, 0.25) is 0 Å². The van der Waals surface area contributed by atoms with Crippen LogP contribution in [-0.2, 0) is 13.0 Å². The van der Waals surface area contributed by atoms with Crippen molar-refractivity contribution >= 4 is 21.8 Å². The van der Waals surface area contributed by atoms with Crippen molar-refractivity contribution in [2.45, 2.75) is 19.9 Å². The molecule has 0 unspecified atom stereocenters. The van der Waals surface area contributed by atoms with Crippen molar-refractivity contribution in [1.82, 2.24) is 14.5 Å². The minimum atomic E-state index is 0.0478. The molecule has 20 heavy (non-hydrogen) atoms. The summed E-state index contributed by atoms with van der Waals surface area (Å²) in [5.41, 5.74) is 1.91. The van der Waals surface area contributed by atoms with Crippen LogP contribution in [0.4, 0.5) is 0 Å². The van der Waals surface area contributed by atoms with Gasteiger partial charge in [0, 0.05) is 43.2 Å². The number of hydrogen-bond donors (Lipinski definition) is 0. The second-order valence-electron chi connectivity index (χ2n) is 4.66. The van der Waals surface area contributed by atoms with Gasteiger partial charge in [-0.05, 0) is 53.0 Å². The summed E-state index contributed by atoms with van der Waals surface area (Å²) in [5.74, 6) is 0.0478. The zero-order valence-electron chi connectivity index (χ0n) is 11.7. The van der Waals surface area contributed by atoms with Crippen molar-refractivity contribution in [1.29, 1.82) is 0 Å². The number of amides is 1. The van der Waals surface area contributed by atoms with Crippen LogP contribution in [0.1, 0.15) is 23.0 Å². The number of aryl methyl sites for hydroxylation is 1. The van der Waals surface area contributed by atoms with Gasteiger partial charge in [0.25, 0.3) is 5.91 Å². The fourth-order valence-electron chi connectivity index (χ4n) is 2.06. The molecular formula is C15H18BrN3O. The summed E-state index contributed by atoms with van der Waals surface area (Å²) in [6.45, 7) is 3.50. The predicted octanol–water partition coefficient (Wildman–Crippen LogP) is 2.98. The largest absolute Gasteiger partial charge is 0.343 e. The highest BCUT2D eigenvalue weighted by Crippen LogP contribution is 2.16. The van der Waals surface area contributed by atoms with Crippen LogP contribution in [0.15, 0.2) is 41.3 Å². The molecule has 0 fully saturated rings. The van der Waals surface area contributed by atoms with E-state index in [0.717, 1.165) is 23.1 Å². The monoisotopic (exact) mass is 335 g/mol. The first-order valence-corrected chi connectivity index (χ1v) is 7.41. The summed E-state index contributed by atoms with van der Waals surface area (Å²) in [6.07, 6.45) is 6.32. The lowest BCUT2D eigenvalue weighted by molar-refractivity contribution is 0.0786. The van der Waals surface area contributed by atoms with Gasteiger partial charge in [0.05, 0.1) is 0 Å². The van der Waals surface area contributed by atoms with E-state index >= 15 is 0 Å². The molecule has 0 aliphatic heterocycles. The molecule has 0 saturated carbocycles. The Kier molecular flexibility index (Phi) is 4.95. The van der Waals surface area contributed by atoms with Crippen LogP contribution in [0.3, 0.4) is 0 Å². The lowest BCUT2D eigenvalue weighted by atomic mass is 10.2. The molecule has 0 bridgehead atoms. The second-order valence-corrected chi connectivity index (χ2v) is 5.58. The van der Waals surface area contributed by atoms with Gasteiger partial charge in [-0.2, -0.15) is 0 Å². The van der Waals surface area contributed by atoms with Crippen molar-refractivity contribution < 1.29 is 4.79 Å². The van der Waals surface area contributed by atoms with Crippen LogP contribution >= 0.6 is 15.9 Å². The third-order valence-electron chi connectivity index (χ3n) is 3.25. The van der Waals surface area contributed by atoms with Crippen LogP contribution in [0, 0.1) is 0 Å². The standard InChI is InChI=1S/C15H18BrN3O/c1-3-19-11-13(16)10-14(19)15(20)18(2)9-6-12-4-7-17-8-5-12/h4-5,7-8,10-11H,3,6,9H2,1-2H3. The van der Waals surface area contributed by atoms with Gasteiger partial charge in [0.2, 0.25) is 0 Å². The van der Waals surface area contributed by atoms with Gasteiger partial charge in [-0.3, -0.25) is 9.78 Å². The Morgan fingerprint density at radius 3 is 2.75 bits per heavy atom. The van der Waals surface area contributed by atoms with Crippen molar-refractivity contribution in [3.05, 3.63) is 52.5 Å². The van der Waals surface area contributed by atoms with E-state index < -0.39 is 0 Å². The third kappa shape index (κ3) is 3.48. The number of nitrogens with zero attached hydrogens (tertiary/aromatic N) is 3. The van der Waals surface area contributed by atoms with Gasteiger partial charge in [0.15, 0.2) is 0 Å². The number of aromatic nitrogens is 2. The molecule has 0 aliphatic carbocycles. The number of pyridine rings is 1. The normalized spacial score (nSPS) is 10.6. The fraction of sp³-hybridized carbons (Fsp3) is 0.333. The number of carbonyl (C=O) groups is 1. The highest BCUT2D eigenvalue weighted by atomic mass is 79.9. The Morgan fingerprint density at radius 2 is 2.10 bits per heavy atom. The van der Waals surface area contributed by atoms with Crippen molar-refractivity contribution in [2.24, 2.45) is 0 Å². The molecule has 2 rings (SSSR count). The van der Waals surface area contributed by atoms with E-state index in [0.29, 0.717) is 6.54 Å². The number of rotatable bonds is 5. The van der Waals surface area contributed by atoms with E-state index in [9.17, 15) is 4.79 Å². The molecule has 0 atom stereocenters. The SMILES string of the molecule is CCn1cc(Br)cc1C(=O)N(C)CCc1ccncc1. The summed E-state index contributed by atoms with van der Waals surface area (Å²) in [6, 6.07) is 5.82. The van der Waals surface area contributed by atoms with Crippen LogP contribution in [0.5, 0.6) is 0 Å². The van der Waals surface area contributed by atoms with Gasteiger partial charge in [-0.1, -0.05) is 0 Å². The van der Waals surface area contributed by atoms with Crippen LogP contribution in [-0.4, -0.2) is 34.0 Å². The number of likely N-dealkylation sites (N-methyl/N-ethyl adjacent to an activating group) is 1. The second kappa shape index (κ2) is 6.70. The van der Waals surface area contributed by atoms with E-state index in [1.165, 1.54) is 5.56 Å². The zero-order valence-corrected chi connectivity index (χ0v) is 13.3. The molecule has 2 aromatic rings. The van der Waals surface area contributed by atoms with Crippen molar-refractivity contribution in [2.75, 3.05) is 13.6 Å². The first kappa shape index (κ1) is 14.8. The first-order valence-electron chi connectivity index (χ1n) is 6.62. The molecule has 1 amide bonds. The average molecular weight is 336 g/mol. The molecule has 5 heteroatoms. The Morgan fingerprint density at radius 1 is 1.40 bits per heavy atom. The summed E-state index contributed by atoms with van der Waals surface area (Å²) < 4.78 is 2.89. The smallest absolute Gasteiger partial charge is 0.270 e. The Bertz CT molecular complexity index is 580. The van der Waals surface area contributed by atoms with Gasteiger partial charge in [-0.15, -0.1) is 0 Å². The number of carbonyl (C=O) groups excluding carboxylic acids is 1. The maximum Gasteiger partial charge on any atom is 0.270 e. The van der Waals surface area contributed by atoms with E-state index in [1.807, 2.05) is 42.9 Å². The molecule has 0 aromatic carbocycles. The molecule has 0 N–H and O–H groups in total. The van der Waals surface area contributed by atoms with Crippen LogP contribution in [0.25, 0.3) is 0 Å². The topological polar surface area (TPSA) is 38.1 Å². The highest BCUT2D eigenvalue weighted by molar-refractivity contribution is 9.10. The minimum Gasteiger partial charge on any atom is -0.343 e. The lowest BCUT2D eigenvalue weighted by Crippen LogP contribution is -2.30. The predicted molar refractivity (Wildman–Crippen MR) is 82.7 cm³/mol. The van der Waals surface area contributed by atoms with E-state index in [-0.39, 0.29) is 5.91 Å². The van der Waals surface area contributed by atoms with E-state index in [2.05, 4.69) is 20.9 Å². The average Bonchev–Trinajstić information content (AvgIpc) is 2.86. The summed E-state index contributed by atoms with van der Waals surface area (Å²) in [4.78, 5) is 18.2. The quantitative estimate of drug-likeness (QED) is 0.842. The van der Waals surface area contributed by atoms with Gasteiger partial charge < -0.3 is 9.47 Å². The Labute approximate surface area is 127 Å². The van der Waals surface area contributed by atoms with Crippen molar-refractivity contribution in [3.63, 3.8) is 0 Å². The molecule has 2 aromatic heterocycles.